The normalized spacial score (nSPS) is 30.2. The molecule has 1 amide bonds. The summed E-state index contributed by atoms with van der Waals surface area (Å²) in [6.07, 6.45) is 25.5. The molecule has 0 radical (unpaired) electrons. The molecule has 0 spiro atoms. The van der Waals surface area contributed by atoms with Gasteiger partial charge in [0.1, 0.15) is 73.2 Å². The third kappa shape index (κ3) is 28.5. The van der Waals surface area contributed by atoms with Gasteiger partial charge >= 0.3 is 0 Å². The zero-order chi connectivity index (χ0) is 59.0. The zero-order valence-electron chi connectivity index (χ0n) is 49.0. The maximum absolute atomic E-state index is 13.3. The molecule has 0 bridgehead atoms. The minimum atomic E-state index is -1.98. The minimum absolute atomic E-state index is 0.241. The van der Waals surface area contributed by atoms with Crippen molar-refractivity contribution in [3.05, 3.63) is 60.8 Å². The highest BCUT2D eigenvalue weighted by atomic mass is 16.8. The summed E-state index contributed by atoms with van der Waals surface area (Å²) in [4.78, 5) is 13.3. The van der Waals surface area contributed by atoms with E-state index in [2.05, 4.69) is 67.8 Å². The van der Waals surface area contributed by atoms with E-state index in [9.17, 15) is 61.0 Å². The van der Waals surface area contributed by atoms with Crippen molar-refractivity contribution in [1.82, 2.24) is 5.32 Å². The minimum Gasteiger partial charge on any atom is -0.394 e. The highest BCUT2D eigenvalue weighted by Crippen LogP contribution is 2.33. The van der Waals surface area contributed by atoms with Crippen LogP contribution in [0.15, 0.2) is 60.8 Å². The molecule has 81 heavy (non-hydrogen) atoms. The summed E-state index contributed by atoms with van der Waals surface area (Å²) in [6, 6.07) is -0.971. The molecule has 0 aliphatic carbocycles. The van der Waals surface area contributed by atoms with E-state index in [0.29, 0.717) is 6.42 Å². The van der Waals surface area contributed by atoms with E-state index in [4.69, 9.17) is 28.4 Å². The largest absolute Gasteiger partial charge is 0.394 e. The van der Waals surface area contributed by atoms with Gasteiger partial charge in [-0.05, 0) is 57.8 Å². The number of unbranched alkanes of at least 4 members (excludes halogenated alkanes) is 21. The Morgan fingerprint density at radius 2 is 0.852 bits per heavy atom. The molecule has 3 aliphatic rings. The van der Waals surface area contributed by atoms with E-state index in [1.807, 2.05) is 6.08 Å². The van der Waals surface area contributed by atoms with Crippen molar-refractivity contribution in [1.29, 1.82) is 0 Å². The van der Waals surface area contributed by atoms with Crippen LogP contribution in [-0.2, 0) is 33.2 Å². The summed E-state index contributed by atoms with van der Waals surface area (Å²) in [5.41, 5.74) is 0. The van der Waals surface area contributed by atoms with E-state index in [1.165, 1.54) is 83.5 Å². The molecule has 3 aliphatic heterocycles. The number of hydrogen-bond donors (Lipinski definition) is 12. The van der Waals surface area contributed by atoms with Crippen LogP contribution in [0.5, 0.6) is 0 Å². The van der Waals surface area contributed by atoms with Gasteiger partial charge in [0, 0.05) is 6.42 Å². The summed E-state index contributed by atoms with van der Waals surface area (Å²) >= 11 is 0. The number of ether oxygens (including phenoxy) is 6. The summed E-state index contributed by atoms with van der Waals surface area (Å²) in [6.45, 7) is 1.53. The smallest absolute Gasteiger partial charge is 0.220 e. The second-order valence-corrected chi connectivity index (χ2v) is 22.1. The molecule has 3 heterocycles. The number of hydrogen-bond acceptors (Lipinski definition) is 18. The SMILES string of the molecule is CC/C=C\C/C=C\C/C=C\C/C=C\CCCCCCCCCCCCCCCCCCC(=O)NC(COC1OC(CO)C(OC2OC(CO)C(OC3OC(CO)C(O)C(O)C3O)C(O)C2O)C(O)C1O)C(O)/C=C/CCCCCCC. The van der Waals surface area contributed by atoms with E-state index < -0.39 is 124 Å². The van der Waals surface area contributed by atoms with Crippen LogP contribution in [0.2, 0.25) is 0 Å². The number of rotatable bonds is 45. The molecule has 0 aromatic heterocycles. The third-order valence-electron chi connectivity index (χ3n) is 15.3. The van der Waals surface area contributed by atoms with Gasteiger partial charge in [0.05, 0.1) is 38.6 Å². The number of allylic oxidation sites excluding steroid dienone is 9. The number of amides is 1. The van der Waals surface area contributed by atoms with Crippen LogP contribution in [0, 0.1) is 0 Å². The summed E-state index contributed by atoms with van der Waals surface area (Å²) in [7, 11) is 0. The van der Waals surface area contributed by atoms with Crippen LogP contribution >= 0.6 is 0 Å². The highest BCUT2D eigenvalue weighted by molar-refractivity contribution is 5.76. The van der Waals surface area contributed by atoms with E-state index in [-0.39, 0.29) is 18.9 Å². The predicted molar refractivity (Wildman–Crippen MR) is 309 cm³/mol. The zero-order valence-corrected chi connectivity index (χ0v) is 49.0. The first kappa shape index (κ1) is 72.7. The molecular formula is C62H109NO18. The van der Waals surface area contributed by atoms with Crippen LogP contribution in [0.25, 0.3) is 0 Å². The van der Waals surface area contributed by atoms with Crippen LogP contribution in [-0.4, -0.2) is 193 Å². The molecule has 3 saturated heterocycles. The van der Waals surface area contributed by atoms with Gasteiger partial charge in [-0.25, -0.2) is 0 Å². The molecule has 12 N–H and O–H groups in total. The van der Waals surface area contributed by atoms with Gasteiger partial charge in [0.15, 0.2) is 18.9 Å². The van der Waals surface area contributed by atoms with Crippen molar-refractivity contribution in [3.8, 4) is 0 Å². The van der Waals surface area contributed by atoms with Crippen LogP contribution < -0.4 is 5.32 Å². The number of carbonyl (C=O) groups excluding carboxylic acids is 1. The van der Waals surface area contributed by atoms with Crippen molar-refractivity contribution >= 4 is 5.91 Å². The first-order valence-corrected chi connectivity index (χ1v) is 31.0. The lowest BCUT2D eigenvalue weighted by molar-refractivity contribution is -0.379. The maximum Gasteiger partial charge on any atom is 0.220 e. The van der Waals surface area contributed by atoms with Crippen LogP contribution in [0.3, 0.4) is 0 Å². The lowest BCUT2D eigenvalue weighted by Crippen LogP contribution is -2.66. The molecule has 0 aromatic carbocycles. The Balaban J connectivity index is 1.35. The number of carbonyl (C=O) groups is 1. The van der Waals surface area contributed by atoms with Crippen LogP contribution in [0.1, 0.15) is 194 Å². The molecule has 19 nitrogen and oxygen atoms in total. The van der Waals surface area contributed by atoms with Crippen molar-refractivity contribution < 1.29 is 89.4 Å². The van der Waals surface area contributed by atoms with E-state index >= 15 is 0 Å². The molecule has 3 fully saturated rings. The fourth-order valence-corrected chi connectivity index (χ4v) is 10.2. The average Bonchev–Trinajstić information content (AvgIpc) is 3.48. The van der Waals surface area contributed by atoms with Crippen molar-refractivity contribution in [2.45, 2.75) is 298 Å². The molecular weight excluding hydrogens is 1050 g/mol. The number of aliphatic hydroxyl groups excluding tert-OH is 11. The monoisotopic (exact) mass is 1160 g/mol. The fraction of sp³-hybridized carbons (Fsp3) is 0.823. The first-order chi connectivity index (χ1) is 39.3. The molecule has 3 rings (SSSR count). The van der Waals surface area contributed by atoms with Gasteiger partial charge in [0.2, 0.25) is 5.91 Å². The highest BCUT2D eigenvalue weighted by Gasteiger charge is 2.53. The quantitative estimate of drug-likeness (QED) is 0.0244. The Labute approximate surface area is 484 Å². The van der Waals surface area contributed by atoms with Crippen molar-refractivity contribution in [2.75, 3.05) is 26.4 Å². The Bertz CT molecular complexity index is 1710. The predicted octanol–water partition coefficient (Wildman–Crippen LogP) is 6.04. The van der Waals surface area contributed by atoms with Crippen molar-refractivity contribution in [3.63, 3.8) is 0 Å². The van der Waals surface area contributed by atoms with Crippen LogP contribution in [0.4, 0.5) is 0 Å². The van der Waals surface area contributed by atoms with E-state index in [1.54, 1.807) is 6.08 Å². The van der Waals surface area contributed by atoms with Gasteiger partial charge in [-0.1, -0.05) is 190 Å². The summed E-state index contributed by atoms with van der Waals surface area (Å²) in [5, 5.41) is 120. The second-order valence-electron chi connectivity index (χ2n) is 22.1. The molecule has 0 aromatic rings. The maximum atomic E-state index is 13.3. The van der Waals surface area contributed by atoms with E-state index in [0.717, 1.165) is 83.5 Å². The second kappa shape index (κ2) is 44.9. The Kier molecular flexibility index (Phi) is 40.3. The number of aliphatic hydroxyl groups is 11. The first-order valence-electron chi connectivity index (χ1n) is 31.0. The Morgan fingerprint density at radius 1 is 0.457 bits per heavy atom. The third-order valence-corrected chi connectivity index (χ3v) is 15.3. The summed E-state index contributed by atoms with van der Waals surface area (Å²) < 4.78 is 34.1. The van der Waals surface area contributed by atoms with Crippen molar-refractivity contribution in [2.24, 2.45) is 0 Å². The van der Waals surface area contributed by atoms with Gasteiger partial charge in [-0.15, -0.1) is 0 Å². The fourth-order valence-electron chi connectivity index (χ4n) is 10.2. The number of nitrogens with one attached hydrogen (secondary N) is 1. The summed E-state index contributed by atoms with van der Waals surface area (Å²) in [5.74, 6) is -0.282. The average molecular weight is 1160 g/mol. The van der Waals surface area contributed by atoms with Gasteiger partial charge < -0.3 is 89.9 Å². The molecule has 0 saturated carbocycles. The lowest BCUT2D eigenvalue weighted by atomic mass is 9.96. The van der Waals surface area contributed by atoms with Gasteiger partial charge in [0.25, 0.3) is 0 Å². The van der Waals surface area contributed by atoms with Gasteiger partial charge in [-0.2, -0.15) is 0 Å². The molecule has 19 heteroatoms. The Hall–Kier alpha value is -2.51. The molecule has 17 atom stereocenters. The molecule has 17 unspecified atom stereocenters. The van der Waals surface area contributed by atoms with Gasteiger partial charge in [-0.3, -0.25) is 4.79 Å². The molecule has 470 valence electrons. The lowest BCUT2D eigenvalue weighted by Gasteiger charge is -2.48. The topological polar surface area (TPSA) is 307 Å². The standard InChI is InChI=1S/C62H109NO18/c1-3-5-7-9-11-12-13-14-15-16-17-18-19-20-21-22-23-24-25-26-27-28-29-30-31-32-34-36-38-40-50(68)63-45(46(67)39-37-35-33-10-8-6-4-2)44-76-60-56(74)53(71)58(48(42-65)78-60)81-62-57(75)54(72)59(49(43-66)79-62)80-61-55(73)52(70)51(69)47(41-64)77-61/h5,7,11-12,14-15,17-18,37,39,45-49,51-62,64-67,69-75H,3-4,6,8-10,13,16,19-36,38,40-44H2,1-2H3,(H,63,68)/b7-5-,12-11-,15-14-,18-17-,39-37+. The Morgan fingerprint density at radius 3 is 1.33 bits per heavy atom.